The van der Waals surface area contributed by atoms with Crippen LogP contribution in [0.5, 0.6) is 0 Å². The van der Waals surface area contributed by atoms with Gasteiger partial charge in [0.25, 0.3) is 0 Å². The lowest BCUT2D eigenvalue weighted by molar-refractivity contribution is 0.507. The van der Waals surface area contributed by atoms with Crippen molar-refractivity contribution in [1.82, 2.24) is 20.5 Å². The van der Waals surface area contributed by atoms with Gasteiger partial charge in [-0.3, -0.25) is 5.10 Å². The molecule has 0 aliphatic heterocycles. The van der Waals surface area contributed by atoms with E-state index < -0.39 is 0 Å². The summed E-state index contributed by atoms with van der Waals surface area (Å²) < 4.78 is 13.6. The minimum atomic E-state index is -0.185. The SMILES string of the molecule is CCNC(Cc1ccccc1F)c1ncn[nH]1. The van der Waals surface area contributed by atoms with E-state index in [0.717, 1.165) is 12.4 Å². The van der Waals surface area contributed by atoms with Crippen LogP contribution in [0, 0.1) is 5.82 Å². The molecule has 1 heterocycles. The second kappa shape index (κ2) is 5.54. The van der Waals surface area contributed by atoms with Gasteiger partial charge in [0.15, 0.2) is 0 Å². The molecule has 0 saturated carbocycles. The third-order valence-corrected chi connectivity index (χ3v) is 2.60. The first kappa shape index (κ1) is 11.7. The zero-order valence-electron chi connectivity index (χ0n) is 9.65. The van der Waals surface area contributed by atoms with Crippen molar-refractivity contribution in [2.45, 2.75) is 19.4 Å². The van der Waals surface area contributed by atoms with Gasteiger partial charge in [0.05, 0.1) is 6.04 Å². The summed E-state index contributed by atoms with van der Waals surface area (Å²) in [5, 5.41) is 9.90. The average Bonchev–Trinajstić information content (AvgIpc) is 2.85. The Labute approximate surface area is 99.3 Å². The number of hydrogen-bond acceptors (Lipinski definition) is 3. The van der Waals surface area contributed by atoms with Gasteiger partial charge in [-0.05, 0) is 24.6 Å². The summed E-state index contributed by atoms with van der Waals surface area (Å²) in [4.78, 5) is 4.11. The minimum absolute atomic E-state index is 0.0422. The first-order chi connectivity index (χ1) is 8.31. The molecule has 2 aromatic rings. The zero-order valence-corrected chi connectivity index (χ0v) is 9.65. The molecule has 1 atom stereocenters. The van der Waals surface area contributed by atoms with E-state index in [2.05, 4.69) is 20.5 Å². The Morgan fingerprint density at radius 1 is 1.41 bits per heavy atom. The van der Waals surface area contributed by atoms with Crippen LogP contribution in [0.1, 0.15) is 24.4 Å². The molecule has 2 N–H and O–H groups in total. The monoisotopic (exact) mass is 234 g/mol. The molecule has 4 nitrogen and oxygen atoms in total. The average molecular weight is 234 g/mol. The smallest absolute Gasteiger partial charge is 0.141 e. The van der Waals surface area contributed by atoms with Crippen LogP contribution in [0.25, 0.3) is 0 Å². The number of halogens is 1. The summed E-state index contributed by atoms with van der Waals surface area (Å²) in [6, 6.07) is 6.74. The van der Waals surface area contributed by atoms with Crippen molar-refractivity contribution in [2.24, 2.45) is 0 Å². The number of hydrogen-bond donors (Lipinski definition) is 2. The lowest BCUT2D eigenvalue weighted by atomic mass is 10.0. The Hall–Kier alpha value is -1.75. The van der Waals surface area contributed by atoms with Crippen LogP contribution in [0.3, 0.4) is 0 Å². The molecule has 0 spiro atoms. The Balaban J connectivity index is 2.16. The summed E-state index contributed by atoms with van der Waals surface area (Å²) >= 11 is 0. The van der Waals surface area contributed by atoms with Crippen LogP contribution >= 0.6 is 0 Å². The molecule has 0 aliphatic carbocycles. The Morgan fingerprint density at radius 2 is 2.24 bits per heavy atom. The summed E-state index contributed by atoms with van der Waals surface area (Å²) in [7, 11) is 0. The fourth-order valence-corrected chi connectivity index (χ4v) is 1.78. The van der Waals surface area contributed by atoms with Crippen LogP contribution in [0.15, 0.2) is 30.6 Å². The fraction of sp³-hybridized carbons (Fsp3) is 0.333. The number of aromatic nitrogens is 3. The molecule has 0 radical (unpaired) electrons. The van der Waals surface area contributed by atoms with Gasteiger partial charge >= 0.3 is 0 Å². The second-order valence-corrected chi connectivity index (χ2v) is 3.78. The lowest BCUT2D eigenvalue weighted by Gasteiger charge is -2.15. The number of benzene rings is 1. The van der Waals surface area contributed by atoms with Crippen LogP contribution in [-0.2, 0) is 6.42 Å². The number of rotatable bonds is 5. The van der Waals surface area contributed by atoms with Crippen molar-refractivity contribution in [3.63, 3.8) is 0 Å². The maximum absolute atomic E-state index is 13.6. The Kier molecular flexibility index (Phi) is 3.82. The molecule has 1 aromatic heterocycles. The van der Waals surface area contributed by atoms with Crippen LogP contribution < -0.4 is 5.32 Å². The molecule has 0 fully saturated rings. The molecule has 2 rings (SSSR count). The van der Waals surface area contributed by atoms with Crippen molar-refractivity contribution in [3.05, 3.63) is 47.8 Å². The third kappa shape index (κ3) is 2.88. The fourth-order valence-electron chi connectivity index (χ4n) is 1.78. The highest BCUT2D eigenvalue weighted by Crippen LogP contribution is 2.16. The van der Waals surface area contributed by atoms with E-state index in [4.69, 9.17) is 0 Å². The molecular weight excluding hydrogens is 219 g/mol. The first-order valence-electron chi connectivity index (χ1n) is 5.63. The van der Waals surface area contributed by atoms with E-state index in [9.17, 15) is 4.39 Å². The van der Waals surface area contributed by atoms with Crippen molar-refractivity contribution in [1.29, 1.82) is 0 Å². The van der Waals surface area contributed by atoms with E-state index in [1.807, 2.05) is 13.0 Å². The normalized spacial score (nSPS) is 12.6. The first-order valence-corrected chi connectivity index (χ1v) is 5.63. The third-order valence-electron chi connectivity index (χ3n) is 2.60. The molecule has 17 heavy (non-hydrogen) atoms. The number of H-pyrrole nitrogens is 1. The van der Waals surface area contributed by atoms with Gasteiger partial charge in [0.2, 0.25) is 0 Å². The van der Waals surface area contributed by atoms with Crippen molar-refractivity contribution in [3.8, 4) is 0 Å². The highest BCUT2D eigenvalue weighted by molar-refractivity contribution is 5.19. The summed E-state index contributed by atoms with van der Waals surface area (Å²) in [5.41, 5.74) is 0.676. The molecule has 0 saturated heterocycles. The van der Waals surface area contributed by atoms with Gasteiger partial charge in [-0.1, -0.05) is 25.1 Å². The summed E-state index contributed by atoms with van der Waals surface area (Å²) in [6.45, 7) is 2.80. The van der Waals surface area contributed by atoms with E-state index >= 15 is 0 Å². The topological polar surface area (TPSA) is 53.6 Å². The Morgan fingerprint density at radius 3 is 2.88 bits per heavy atom. The quantitative estimate of drug-likeness (QED) is 0.830. The highest BCUT2D eigenvalue weighted by Gasteiger charge is 2.15. The lowest BCUT2D eigenvalue weighted by Crippen LogP contribution is -2.24. The van der Waals surface area contributed by atoms with Gasteiger partial charge < -0.3 is 5.32 Å². The Bertz CT molecular complexity index is 455. The number of nitrogens with one attached hydrogen (secondary N) is 2. The second-order valence-electron chi connectivity index (χ2n) is 3.78. The number of nitrogens with zero attached hydrogens (tertiary/aromatic N) is 2. The van der Waals surface area contributed by atoms with Crippen LogP contribution in [0.2, 0.25) is 0 Å². The number of aromatic amines is 1. The van der Waals surface area contributed by atoms with Crippen molar-refractivity contribution < 1.29 is 4.39 Å². The standard InChI is InChI=1S/C12H15FN4/c1-2-14-11(12-15-8-16-17-12)7-9-5-3-4-6-10(9)13/h3-6,8,11,14H,2,7H2,1H3,(H,15,16,17). The molecule has 1 aromatic carbocycles. The minimum Gasteiger partial charge on any atom is -0.307 e. The molecule has 0 aliphatic rings. The predicted molar refractivity (Wildman–Crippen MR) is 62.9 cm³/mol. The van der Waals surface area contributed by atoms with Crippen LogP contribution in [-0.4, -0.2) is 21.7 Å². The molecule has 0 bridgehead atoms. The molecule has 1 unspecified atom stereocenters. The van der Waals surface area contributed by atoms with Gasteiger partial charge in [0.1, 0.15) is 18.0 Å². The molecule has 0 amide bonds. The maximum Gasteiger partial charge on any atom is 0.141 e. The van der Waals surface area contributed by atoms with Gasteiger partial charge in [0, 0.05) is 0 Å². The largest absolute Gasteiger partial charge is 0.307 e. The highest BCUT2D eigenvalue weighted by atomic mass is 19.1. The van der Waals surface area contributed by atoms with E-state index in [1.165, 1.54) is 12.4 Å². The summed E-state index contributed by atoms with van der Waals surface area (Å²) in [6.07, 6.45) is 2.01. The maximum atomic E-state index is 13.6. The van der Waals surface area contributed by atoms with Gasteiger partial charge in [-0.25, -0.2) is 9.37 Å². The molecular formula is C12H15FN4. The summed E-state index contributed by atoms with van der Waals surface area (Å²) in [5.74, 6) is 0.546. The van der Waals surface area contributed by atoms with Gasteiger partial charge in [-0.2, -0.15) is 5.10 Å². The predicted octanol–water partition coefficient (Wildman–Crippen LogP) is 1.84. The molecule has 90 valence electrons. The van der Waals surface area contributed by atoms with Crippen molar-refractivity contribution >= 4 is 0 Å². The zero-order chi connectivity index (χ0) is 12.1. The van der Waals surface area contributed by atoms with E-state index in [-0.39, 0.29) is 11.9 Å². The molecule has 5 heteroatoms. The van der Waals surface area contributed by atoms with Gasteiger partial charge in [-0.15, -0.1) is 0 Å². The number of likely N-dealkylation sites (N-methyl/N-ethyl adjacent to an activating group) is 1. The van der Waals surface area contributed by atoms with Crippen LogP contribution in [0.4, 0.5) is 4.39 Å². The van der Waals surface area contributed by atoms with E-state index in [0.29, 0.717) is 12.0 Å². The van der Waals surface area contributed by atoms with E-state index in [1.54, 1.807) is 12.1 Å². The van der Waals surface area contributed by atoms with Crippen molar-refractivity contribution in [2.75, 3.05) is 6.54 Å².